The molecule has 1 aromatic rings. The van der Waals surface area contributed by atoms with Gasteiger partial charge in [-0.05, 0) is 60.7 Å². The maximum Gasteiger partial charge on any atom is 0.0138 e. The van der Waals surface area contributed by atoms with Crippen molar-refractivity contribution in [2.75, 3.05) is 13.6 Å². The summed E-state index contributed by atoms with van der Waals surface area (Å²) >= 11 is 1.95. The zero-order chi connectivity index (χ0) is 12.4. The Bertz CT molecular complexity index is 438. The third kappa shape index (κ3) is 2.06. The van der Waals surface area contributed by atoms with E-state index in [1.807, 2.05) is 18.4 Å². The molecule has 98 valence electrons. The minimum absolute atomic E-state index is 0.517. The topological polar surface area (TPSA) is 12.0 Å². The highest BCUT2D eigenvalue weighted by molar-refractivity contribution is 7.10. The van der Waals surface area contributed by atoms with Crippen LogP contribution in [-0.2, 0) is 6.42 Å². The lowest BCUT2D eigenvalue weighted by atomic mass is 9.62. The van der Waals surface area contributed by atoms with Crippen molar-refractivity contribution in [2.24, 2.45) is 5.41 Å². The highest BCUT2D eigenvalue weighted by atomic mass is 32.1. The predicted molar refractivity (Wildman–Crippen MR) is 80.1 cm³/mol. The highest BCUT2D eigenvalue weighted by Crippen LogP contribution is 2.54. The first-order chi connectivity index (χ1) is 8.86. The fourth-order valence-electron chi connectivity index (χ4n) is 3.83. The van der Waals surface area contributed by atoms with E-state index in [0.29, 0.717) is 5.41 Å². The lowest BCUT2D eigenvalue weighted by Gasteiger charge is -2.43. The summed E-state index contributed by atoms with van der Waals surface area (Å²) in [4.78, 5) is 1.62. The van der Waals surface area contributed by atoms with Gasteiger partial charge < -0.3 is 5.32 Å². The van der Waals surface area contributed by atoms with Crippen molar-refractivity contribution in [1.29, 1.82) is 0 Å². The summed E-state index contributed by atoms with van der Waals surface area (Å²) in [7, 11) is 2.04. The third-order valence-corrected chi connectivity index (χ3v) is 5.74. The summed E-state index contributed by atoms with van der Waals surface area (Å²) in [6, 6.07) is 2.36. The van der Waals surface area contributed by atoms with Gasteiger partial charge in [0.1, 0.15) is 0 Å². The summed E-state index contributed by atoms with van der Waals surface area (Å²) in [5.41, 5.74) is 3.76. The molecule has 0 atom stereocenters. The van der Waals surface area contributed by atoms with E-state index < -0.39 is 0 Å². The second kappa shape index (κ2) is 5.18. The van der Waals surface area contributed by atoms with E-state index in [9.17, 15) is 0 Å². The van der Waals surface area contributed by atoms with Crippen LogP contribution in [0.1, 0.15) is 49.0 Å². The quantitative estimate of drug-likeness (QED) is 0.839. The van der Waals surface area contributed by atoms with Crippen LogP contribution in [0.15, 0.2) is 17.5 Å². The molecular weight excluding hydrogens is 238 g/mol. The average molecular weight is 261 g/mol. The molecule has 18 heavy (non-hydrogen) atoms. The number of hydrogen-bond acceptors (Lipinski definition) is 2. The molecule has 2 heteroatoms. The van der Waals surface area contributed by atoms with E-state index in [0.717, 1.165) is 6.54 Å². The Morgan fingerprint density at radius 3 is 2.89 bits per heavy atom. The number of thiophene rings is 1. The van der Waals surface area contributed by atoms with Gasteiger partial charge in [-0.15, -0.1) is 11.3 Å². The summed E-state index contributed by atoms with van der Waals surface area (Å²) in [6.07, 6.45) is 12.3. The normalized spacial score (nSPS) is 24.4. The highest BCUT2D eigenvalue weighted by Gasteiger charge is 2.39. The van der Waals surface area contributed by atoms with Gasteiger partial charge in [0, 0.05) is 11.4 Å². The first-order valence-corrected chi connectivity index (χ1v) is 8.16. The summed E-state index contributed by atoms with van der Waals surface area (Å²) in [6.45, 7) is 1.01. The van der Waals surface area contributed by atoms with Crippen LogP contribution in [0.2, 0.25) is 0 Å². The lowest BCUT2D eigenvalue weighted by Crippen LogP contribution is -2.30. The van der Waals surface area contributed by atoms with Crippen LogP contribution in [0.5, 0.6) is 0 Å². The maximum atomic E-state index is 3.29. The van der Waals surface area contributed by atoms with E-state index >= 15 is 0 Å². The van der Waals surface area contributed by atoms with Gasteiger partial charge in [0.15, 0.2) is 0 Å². The monoisotopic (exact) mass is 261 g/mol. The molecule has 1 nitrogen and oxygen atoms in total. The SMILES string of the molecule is CNC/C=C1\c2ccsc2CCC12CCCCC2. The standard InChI is InChI=1S/C16H23NS/c1-17-11-6-14-13-7-12-18-15(13)5-10-16(14)8-3-2-4-9-16/h6-7,12,17H,2-5,8-11H2,1H3/b14-6+. The minimum atomic E-state index is 0.517. The molecule has 0 aromatic carbocycles. The Morgan fingerprint density at radius 1 is 1.28 bits per heavy atom. The Hall–Kier alpha value is -0.600. The molecule has 1 heterocycles. The second-order valence-corrected chi connectivity index (χ2v) is 6.77. The van der Waals surface area contributed by atoms with Crippen molar-refractivity contribution in [3.8, 4) is 0 Å². The molecule has 1 aromatic heterocycles. The van der Waals surface area contributed by atoms with Crippen LogP contribution in [0, 0.1) is 5.41 Å². The van der Waals surface area contributed by atoms with E-state index in [1.54, 1.807) is 16.0 Å². The fourth-order valence-corrected chi connectivity index (χ4v) is 4.72. The first kappa shape index (κ1) is 12.4. The van der Waals surface area contributed by atoms with Crippen molar-refractivity contribution in [1.82, 2.24) is 5.32 Å². The Balaban J connectivity index is 1.99. The maximum absolute atomic E-state index is 3.29. The molecule has 3 rings (SSSR count). The molecule has 2 aliphatic rings. The van der Waals surface area contributed by atoms with Crippen molar-refractivity contribution in [3.05, 3.63) is 28.0 Å². The van der Waals surface area contributed by atoms with Gasteiger partial charge in [0.2, 0.25) is 0 Å². The van der Waals surface area contributed by atoms with Crippen LogP contribution in [0.25, 0.3) is 5.57 Å². The minimum Gasteiger partial charge on any atom is -0.316 e. The van der Waals surface area contributed by atoms with E-state index in [1.165, 1.54) is 44.9 Å². The van der Waals surface area contributed by atoms with Gasteiger partial charge in [0.25, 0.3) is 0 Å². The van der Waals surface area contributed by atoms with E-state index in [-0.39, 0.29) is 0 Å². The molecule has 1 fully saturated rings. The van der Waals surface area contributed by atoms with Gasteiger partial charge in [-0.3, -0.25) is 0 Å². The molecule has 2 aliphatic carbocycles. The average Bonchev–Trinajstić information content (AvgIpc) is 2.87. The largest absolute Gasteiger partial charge is 0.316 e. The first-order valence-electron chi connectivity index (χ1n) is 7.28. The van der Waals surface area contributed by atoms with Gasteiger partial charge in [0.05, 0.1) is 0 Å². The van der Waals surface area contributed by atoms with Crippen molar-refractivity contribution in [2.45, 2.75) is 44.9 Å². The molecule has 1 N–H and O–H groups in total. The number of likely N-dealkylation sites (N-methyl/N-ethyl adjacent to an activating group) is 1. The predicted octanol–water partition coefficient (Wildman–Crippen LogP) is 4.25. The zero-order valence-electron chi connectivity index (χ0n) is 11.3. The Labute approximate surface area is 114 Å². The number of allylic oxidation sites excluding steroid dienone is 1. The number of nitrogens with one attached hydrogen (secondary N) is 1. The molecule has 0 aliphatic heterocycles. The number of aryl methyl sites for hydroxylation is 1. The van der Waals surface area contributed by atoms with Gasteiger partial charge >= 0.3 is 0 Å². The Morgan fingerprint density at radius 2 is 2.11 bits per heavy atom. The van der Waals surface area contributed by atoms with E-state index in [4.69, 9.17) is 0 Å². The van der Waals surface area contributed by atoms with Crippen molar-refractivity contribution in [3.63, 3.8) is 0 Å². The van der Waals surface area contributed by atoms with Gasteiger partial charge in [-0.1, -0.05) is 25.3 Å². The molecule has 0 unspecified atom stereocenters. The number of rotatable bonds is 2. The molecule has 0 saturated heterocycles. The van der Waals surface area contributed by atoms with Crippen LogP contribution in [0.3, 0.4) is 0 Å². The molecule has 0 radical (unpaired) electrons. The molecular formula is C16H23NS. The number of hydrogen-bond donors (Lipinski definition) is 1. The molecule has 0 amide bonds. The van der Waals surface area contributed by atoms with Crippen LogP contribution in [-0.4, -0.2) is 13.6 Å². The van der Waals surface area contributed by atoms with Gasteiger partial charge in [-0.25, -0.2) is 0 Å². The third-order valence-electron chi connectivity index (χ3n) is 4.76. The van der Waals surface area contributed by atoms with Crippen molar-refractivity contribution < 1.29 is 0 Å². The van der Waals surface area contributed by atoms with Crippen LogP contribution < -0.4 is 5.32 Å². The van der Waals surface area contributed by atoms with Crippen LogP contribution in [0.4, 0.5) is 0 Å². The van der Waals surface area contributed by atoms with Crippen molar-refractivity contribution >= 4 is 16.9 Å². The van der Waals surface area contributed by atoms with Crippen LogP contribution >= 0.6 is 11.3 Å². The lowest BCUT2D eigenvalue weighted by molar-refractivity contribution is 0.247. The summed E-state index contributed by atoms with van der Waals surface area (Å²) in [5.74, 6) is 0. The fraction of sp³-hybridized carbons (Fsp3) is 0.625. The number of fused-ring (bicyclic) bond motifs is 1. The second-order valence-electron chi connectivity index (χ2n) is 5.77. The summed E-state index contributed by atoms with van der Waals surface area (Å²) in [5, 5.41) is 5.56. The molecule has 0 bridgehead atoms. The molecule has 1 saturated carbocycles. The van der Waals surface area contributed by atoms with E-state index in [2.05, 4.69) is 22.8 Å². The van der Waals surface area contributed by atoms with Gasteiger partial charge in [-0.2, -0.15) is 0 Å². The molecule has 1 spiro atoms. The Kier molecular flexibility index (Phi) is 3.58. The summed E-state index contributed by atoms with van der Waals surface area (Å²) < 4.78 is 0. The zero-order valence-corrected chi connectivity index (χ0v) is 12.1. The smallest absolute Gasteiger partial charge is 0.0138 e.